The van der Waals surface area contributed by atoms with Gasteiger partial charge in [0.25, 0.3) is 0 Å². The van der Waals surface area contributed by atoms with Gasteiger partial charge < -0.3 is 14.4 Å². The summed E-state index contributed by atoms with van der Waals surface area (Å²) >= 11 is 0. The average Bonchev–Trinajstić information content (AvgIpc) is 2.93. The van der Waals surface area contributed by atoms with Gasteiger partial charge in [-0.3, -0.25) is 14.6 Å². The molecule has 1 fully saturated rings. The van der Waals surface area contributed by atoms with Crippen molar-refractivity contribution < 1.29 is 14.3 Å². The van der Waals surface area contributed by atoms with Gasteiger partial charge in [-0.05, 0) is 32.4 Å². The molecule has 0 bridgehead atoms. The molecular weight excluding hydrogens is 306 g/mol. The van der Waals surface area contributed by atoms with Crippen molar-refractivity contribution in [1.82, 2.24) is 14.7 Å². The van der Waals surface area contributed by atoms with E-state index < -0.39 is 0 Å². The summed E-state index contributed by atoms with van der Waals surface area (Å²) in [7, 11) is 1.82. The van der Waals surface area contributed by atoms with Gasteiger partial charge in [-0.1, -0.05) is 6.92 Å². The van der Waals surface area contributed by atoms with E-state index >= 15 is 0 Å². The Labute approximate surface area is 145 Å². The number of aliphatic hydroxyl groups excluding tert-OH is 1. The van der Waals surface area contributed by atoms with E-state index in [1.807, 2.05) is 33.0 Å². The van der Waals surface area contributed by atoms with E-state index in [0.29, 0.717) is 25.7 Å². The molecule has 1 aromatic rings. The van der Waals surface area contributed by atoms with Crippen molar-refractivity contribution in [3.05, 3.63) is 23.7 Å². The number of β-amino-alcohol motifs (C(OH)–C–C–N with tert-alkyl or cyclic N) is 1. The van der Waals surface area contributed by atoms with Gasteiger partial charge in [0.05, 0.1) is 19.2 Å². The molecule has 2 atom stereocenters. The second-order valence-electron chi connectivity index (χ2n) is 6.90. The maximum Gasteiger partial charge on any atom is 0.236 e. The molecule has 1 aromatic heterocycles. The predicted molar refractivity (Wildman–Crippen MR) is 93.7 cm³/mol. The molecule has 24 heavy (non-hydrogen) atoms. The fourth-order valence-electron chi connectivity index (χ4n) is 3.27. The van der Waals surface area contributed by atoms with Crippen LogP contribution in [0.2, 0.25) is 0 Å². The third-order valence-corrected chi connectivity index (χ3v) is 4.63. The van der Waals surface area contributed by atoms with Gasteiger partial charge in [-0.25, -0.2) is 0 Å². The highest BCUT2D eigenvalue weighted by Crippen LogP contribution is 2.14. The Hall–Kier alpha value is -1.37. The van der Waals surface area contributed by atoms with Crippen molar-refractivity contribution >= 4 is 5.91 Å². The molecule has 0 saturated carbocycles. The zero-order valence-electron chi connectivity index (χ0n) is 15.4. The number of hydrogen-bond donors (Lipinski definition) is 1. The first-order valence-corrected chi connectivity index (χ1v) is 8.82. The number of hydrogen-bond acceptors (Lipinski definition) is 5. The van der Waals surface area contributed by atoms with Crippen LogP contribution in [0.1, 0.15) is 31.8 Å². The van der Waals surface area contributed by atoms with Crippen molar-refractivity contribution in [1.29, 1.82) is 0 Å². The van der Waals surface area contributed by atoms with Gasteiger partial charge in [0.2, 0.25) is 5.91 Å². The fraction of sp³-hybridized carbons (Fsp3) is 0.722. The first-order valence-electron chi connectivity index (χ1n) is 8.82. The smallest absolute Gasteiger partial charge is 0.236 e. The molecule has 1 N–H and O–H groups in total. The molecule has 0 spiro atoms. The number of carbonyl (C=O) groups excluding carboxylic acids is 1. The van der Waals surface area contributed by atoms with Gasteiger partial charge >= 0.3 is 0 Å². The molecule has 1 aliphatic heterocycles. The number of rotatable bonds is 7. The zero-order valence-corrected chi connectivity index (χ0v) is 15.4. The van der Waals surface area contributed by atoms with Gasteiger partial charge in [0.15, 0.2) is 0 Å². The number of aryl methyl sites for hydroxylation is 1. The summed E-state index contributed by atoms with van der Waals surface area (Å²) in [6.07, 6.45) is 0.717. The van der Waals surface area contributed by atoms with E-state index in [2.05, 4.69) is 16.7 Å². The molecule has 2 heterocycles. The molecule has 136 valence electrons. The van der Waals surface area contributed by atoms with E-state index in [9.17, 15) is 9.90 Å². The molecule has 0 aromatic carbocycles. The Morgan fingerprint density at radius 2 is 2.21 bits per heavy atom. The first-order chi connectivity index (χ1) is 11.4. The van der Waals surface area contributed by atoms with E-state index in [4.69, 9.17) is 4.42 Å². The van der Waals surface area contributed by atoms with Crippen LogP contribution in [0.15, 0.2) is 16.5 Å². The lowest BCUT2D eigenvalue weighted by molar-refractivity contribution is -0.132. The maximum atomic E-state index is 12.5. The normalized spacial score (nSPS) is 21.0. The summed E-state index contributed by atoms with van der Waals surface area (Å²) in [4.78, 5) is 18.7. The van der Waals surface area contributed by atoms with Crippen LogP contribution in [0.25, 0.3) is 0 Å². The molecule has 1 amide bonds. The lowest BCUT2D eigenvalue weighted by Gasteiger charge is -2.41. The number of aliphatic hydroxyl groups is 1. The highest BCUT2D eigenvalue weighted by Gasteiger charge is 2.28. The maximum absolute atomic E-state index is 12.5. The molecule has 1 aliphatic rings. The Bertz CT molecular complexity index is 529. The number of nitrogens with zero attached hydrogens (tertiary/aromatic N) is 3. The Kier molecular flexibility index (Phi) is 6.83. The third kappa shape index (κ3) is 5.33. The summed E-state index contributed by atoms with van der Waals surface area (Å²) < 4.78 is 5.54. The molecule has 0 unspecified atom stereocenters. The van der Waals surface area contributed by atoms with Crippen molar-refractivity contribution in [2.75, 3.05) is 39.8 Å². The number of amides is 1. The van der Waals surface area contributed by atoms with Crippen LogP contribution in [-0.2, 0) is 11.3 Å². The van der Waals surface area contributed by atoms with Crippen LogP contribution in [0.4, 0.5) is 0 Å². The minimum atomic E-state index is -0.310. The zero-order chi connectivity index (χ0) is 17.7. The lowest BCUT2D eigenvalue weighted by Crippen LogP contribution is -2.56. The summed E-state index contributed by atoms with van der Waals surface area (Å²) in [5.74, 6) is 1.80. The Morgan fingerprint density at radius 3 is 2.79 bits per heavy atom. The second kappa shape index (κ2) is 8.65. The minimum absolute atomic E-state index is 0.114. The molecule has 2 rings (SSSR count). The van der Waals surface area contributed by atoms with Crippen LogP contribution in [0.3, 0.4) is 0 Å². The topological polar surface area (TPSA) is 60.2 Å². The van der Waals surface area contributed by atoms with Crippen LogP contribution in [0, 0.1) is 6.92 Å². The summed E-state index contributed by atoms with van der Waals surface area (Å²) in [5, 5.41) is 9.62. The minimum Gasteiger partial charge on any atom is -0.464 e. The van der Waals surface area contributed by atoms with Crippen molar-refractivity contribution in [3.8, 4) is 0 Å². The summed E-state index contributed by atoms with van der Waals surface area (Å²) in [6, 6.07) is 4.24. The number of likely N-dealkylation sites (N-methyl/N-ethyl adjacent to an activating group) is 1. The van der Waals surface area contributed by atoms with E-state index in [1.54, 1.807) is 4.90 Å². The number of furan rings is 1. The lowest BCUT2D eigenvalue weighted by atomic mass is 10.1. The van der Waals surface area contributed by atoms with E-state index in [0.717, 1.165) is 37.6 Å². The van der Waals surface area contributed by atoms with Gasteiger partial charge in [0.1, 0.15) is 11.5 Å². The quantitative estimate of drug-likeness (QED) is 0.813. The van der Waals surface area contributed by atoms with Crippen molar-refractivity contribution in [2.45, 2.75) is 45.9 Å². The summed E-state index contributed by atoms with van der Waals surface area (Å²) in [5.41, 5.74) is 0. The third-order valence-electron chi connectivity index (χ3n) is 4.63. The number of carbonyl (C=O) groups is 1. The number of piperazine rings is 1. The first kappa shape index (κ1) is 19.0. The molecule has 0 aliphatic carbocycles. The summed E-state index contributed by atoms with van der Waals surface area (Å²) in [6.45, 7) is 10.2. The molecular formula is C18H31N3O3. The SMILES string of the molecule is CC[C@H]1CN(CC(=O)N(C)Cc2ccc(C)o2)CCN1C[C@H](C)O. The molecule has 0 radical (unpaired) electrons. The van der Waals surface area contributed by atoms with Crippen LogP contribution in [0.5, 0.6) is 0 Å². The van der Waals surface area contributed by atoms with Crippen LogP contribution in [-0.4, -0.2) is 77.6 Å². The Balaban J connectivity index is 1.83. The van der Waals surface area contributed by atoms with E-state index in [1.165, 1.54) is 0 Å². The second-order valence-corrected chi connectivity index (χ2v) is 6.90. The average molecular weight is 337 g/mol. The van der Waals surface area contributed by atoms with E-state index in [-0.39, 0.29) is 12.0 Å². The van der Waals surface area contributed by atoms with Gasteiger partial charge in [0, 0.05) is 39.3 Å². The predicted octanol–water partition coefficient (Wildman–Crippen LogP) is 1.32. The van der Waals surface area contributed by atoms with Crippen molar-refractivity contribution in [3.63, 3.8) is 0 Å². The highest BCUT2D eigenvalue weighted by molar-refractivity contribution is 5.77. The van der Waals surface area contributed by atoms with Crippen molar-refractivity contribution in [2.24, 2.45) is 0 Å². The molecule has 6 heteroatoms. The largest absolute Gasteiger partial charge is 0.464 e. The fourth-order valence-corrected chi connectivity index (χ4v) is 3.27. The van der Waals surface area contributed by atoms with Gasteiger partial charge in [-0.15, -0.1) is 0 Å². The Morgan fingerprint density at radius 1 is 1.46 bits per heavy atom. The molecule has 1 saturated heterocycles. The monoisotopic (exact) mass is 337 g/mol. The molecule has 6 nitrogen and oxygen atoms in total. The van der Waals surface area contributed by atoms with Crippen LogP contribution >= 0.6 is 0 Å². The van der Waals surface area contributed by atoms with Crippen LogP contribution < -0.4 is 0 Å². The standard InChI is InChI=1S/C18H31N3O3/c1-5-16-11-20(8-9-21(16)10-14(2)22)13-18(23)19(4)12-17-7-6-15(3)24-17/h6-7,14,16,22H,5,8-13H2,1-4H3/t14-,16-/m0/s1. The highest BCUT2D eigenvalue weighted by atomic mass is 16.3. The van der Waals surface area contributed by atoms with Gasteiger partial charge in [-0.2, -0.15) is 0 Å².